The third kappa shape index (κ3) is 4.47. The number of H-pyrrole nitrogens is 1. The van der Waals surface area contributed by atoms with Crippen LogP contribution in [0.2, 0.25) is 5.02 Å². The van der Waals surface area contributed by atoms with Gasteiger partial charge in [-0.25, -0.2) is 4.68 Å². The molecule has 0 aliphatic rings. The number of hydrogen-bond acceptors (Lipinski definition) is 4. The van der Waals surface area contributed by atoms with Gasteiger partial charge in [0, 0.05) is 11.2 Å². The van der Waals surface area contributed by atoms with Crippen molar-refractivity contribution in [3.63, 3.8) is 0 Å². The Labute approximate surface area is 170 Å². The molecule has 0 saturated carbocycles. The number of carbonyl (C=O) groups is 1. The Bertz CT molecular complexity index is 1020. The lowest BCUT2D eigenvalue weighted by Gasteiger charge is -2.09. The van der Waals surface area contributed by atoms with Crippen LogP contribution in [0.5, 0.6) is 5.75 Å². The molecular weight excluding hydrogens is 467 g/mol. The van der Waals surface area contributed by atoms with Crippen molar-refractivity contribution in [2.24, 2.45) is 0 Å². The molecule has 0 saturated heterocycles. The third-order valence-electron chi connectivity index (χ3n) is 3.57. The molecule has 0 fully saturated rings. The fourth-order valence-electron chi connectivity index (χ4n) is 2.25. The number of carbonyl (C=O) groups excluding carboxylic acids is 1. The van der Waals surface area contributed by atoms with Crippen molar-refractivity contribution in [3.8, 4) is 5.75 Å². The van der Waals surface area contributed by atoms with E-state index in [0.717, 1.165) is 0 Å². The number of aryl methyl sites for hydroxylation is 1. The minimum Gasteiger partial charge on any atom is -0.470 e. The Morgan fingerprint density at radius 1 is 1.39 bits per heavy atom. The monoisotopic (exact) mass is 477 g/mol. The predicted octanol–water partition coefficient (Wildman–Crippen LogP) is 4.64. The number of aromatic amines is 1. The van der Waals surface area contributed by atoms with Crippen molar-refractivity contribution < 1.29 is 22.7 Å². The molecule has 148 valence electrons. The number of benzene rings is 1. The number of alkyl halides is 3. The SMILES string of the molecule is Cc1[nH]nc(C(F)(F)F)c1NC(=O)c1ccn(COc2ccc(Cl)cc2Br)n1. The number of anilines is 1. The van der Waals surface area contributed by atoms with Crippen molar-refractivity contribution in [1.29, 1.82) is 0 Å². The lowest BCUT2D eigenvalue weighted by atomic mass is 10.2. The van der Waals surface area contributed by atoms with Gasteiger partial charge >= 0.3 is 6.18 Å². The van der Waals surface area contributed by atoms with E-state index in [4.69, 9.17) is 16.3 Å². The molecule has 2 heterocycles. The Morgan fingerprint density at radius 2 is 2.14 bits per heavy atom. The molecule has 28 heavy (non-hydrogen) atoms. The molecule has 0 radical (unpaired) electrons. The molecule has 2 N–H and O–H groups in total. The molecule has 3 rings (SSSR count). The van der Waals surface area contributed by atoms with Crippen LogP contribution in [0.25, 0.3) is 0 Å². The van der Waals surface area contributed by atoms with Crippen LogP contribution in [0.15, 0.2) is 34.9 Å². The van der Waals surface area contributed by atoms with Crippen LogP contribution in [0.4, 0.5) is 18.9 Å². The summed E-state index contributed by atoms with van der Waals surface area (Å²) < 4.78 is 46.4. The molecular formula is C16H12BrClF3N5O2. The largest absolute Gasteiger partial charge is 0.470 e. The van der Waals surface area contributed by atoms with E-state index in [2.05, 4.69) is 36.5 Å². The zero-order valence-electron chi connectivity index (χ0n) is 14.1. The molecule has 0 atom stereocenters. The van der Waals surface area contributed by atoms with Crippen LogP contribution in [0, 0.1) is 6.92 Å². The Morgan fingerprint density at radius 3 is 2.82 bits per heavy atom. The van der Waals surface area contributed by atoms with E-state index in [1.54, 1.807) is 18.2 Å². The number of amides is 1. The lowest BCUT2D eigenvalue weighted by Crippen LogP contribution is -2.17. The number of halogens is 5. The summed E-state index contributed by atoms with van der Waals surface area (Å²) in [6.07, 6.45) is -3.24. The van der Waals surface area contributed by atoms with E-state index < -0.39 is 23.5 Å². The van der Waals surface area contributed by atoms with Gasteiger partial charge in [-0.2, -0.15) is 23.4 Å². The molecule has 1 amide bonds. The van der Waals surface area contributed by atoms with E-state index in [9.17, 15) is 18.0 Å². The first-order valence-electron chi connectivity index (χ1n) is 7.70. The van der Waals surface area contributed by atoms with E-state index in [-0.39, 0.29) is 18.1 Å². The highest BCUT2D eigenvalue weighted by molar-refractivity contribution is 9.10. The number of hydrogen-bond donors (Lipinski definition) is 2. The predicted molar refractivity (Wildman–Crippen MR) is 98.3 cm³/mol. The molecule has 1 aromatic carbocycles. The van der Waals surface area contributed by atoms with Gasteiger partial charge in [0.05, 0.1) is 15.9 Å². The Hall–Kier alpha value is -2.53. The fourth-order valence-corrected chi connectivity index (χ4v) is 3.04. The first-order chi connectivity index (χ1) is 13.1. The first kappa shape index (κ1) is 20.2. The minimum atomic E-state index is -4.70. The van der Waals surface area contributed by atoms with Crippen molar-refractivity contribution in [1.82, 2.24) is 20.0 Å². The summed E-state index contributed by atoms with van der Waals surface area (Å²) in [4.78, 5) is 12.3. The smallest absolute Gasteiger partial charge is 0.437 e. The highest BCUT2D eigenvalue weighted by Crippen LogP contribution is 2.34. The summed E-state index contributed by atoms with van der Waals surface area (Å²) >= 11 is 9.16. The number of rotatable bonds is 5. The van der Waals surface area contributed by atoms with E-state index in [1.807, 2.05) is 0 Å². The molecule has 2 aromatic heterocycles. The van der Waals surface area contributed by atoms with Gasteiger partial charge in [0.15, 0.2) is 18.1 Å². The van der Waals surface area contributed by atoms with Crippen molar-refractivity contribution >= 4 is 39.1 Å². The second-order valence-corrected chi connectivity index (χ2v) is 6.90. The summed E-state index contributed by atoms with van der Waals surface area (Å²) in [7, 11) is 0. The summed E-state index contributed by atoms with van der Waals surface area (Å²) in [6, 6.07) is 6.32. The van der Waals surface area contributed by atoms with E-state index in [0.29, 0.717) is 15.2 Å². The molecule has 0 bridgehead atoms. The van der Waals surface area contributed by atoms with Crippen molar-refractivity contribution in [2.75, 3.05) is 5.32 Å². The highest BCUT2D eigenvalue weighted by Gasteiger charge is 2.38. The zero-order valence-corrected chi connectivity index (χ0v) is 16.5. The number of nitrogens with zero attached hydrogens (tertiary/aromatic N) is 3. The van der Waals surface area contributed by atoms with Gasteiger partial charge in [-0.15, -0.1) is 0 Å². The topological polar surface area (TPSA) is 84.8 Å². The van der Waals surface area contributed by atoms with Crippen LogP contribution in [0.3, 0.4) is 0 Å². The minimum absolute atomic E-state index is 0.0218. The lowest BCUT2D eigenvalue weighted by molar-refractivity contribution is -0.140. The fraction of sp³-hybridized carbons (Fsp3) is 0.188. The van der Waals surface area contributed by atoms with Gasteiger partial charge in [0.1, 0.15) is 5.75 Å². The quantitative estimate of drug-likeness (QED) is 0.560. The first-order valence-corrected chi connectivity index (χ1v) is 8.87. The number of ether oxygens (including phenoxy) is 1. The molecule has 0 unspecified atom stereocenters. The summed E-state index contributed by atoms with van der Waals surface area (Å²) in [5, 5.41) is 12.1. The number of aromatic nitrogens is 4. The molecule has 7 nitrogen and oxygen atoms in total. The van der Waals surface area contributed by atoms with Crippen LogP contribution in [-0.2, 0) is 12.9 Å². The molecule has 3 aromatic rings. The maximum Gasteiger partial charge on any atom is 0.437 e. The average molecular weight is 479 g/mol. The summed E-state index contributed by atoms with van der Waals surface area (Å²) in [5.74, 6) is -0.295. The van der Waals surface area contributed by atoms with Crippen LogP contribution in [-0.4, -0.2) is 25.9 Å². The maximum absolute atomic E-state index is 13.0. The van der Waals surface area contributed by atoms with Gasteiger partial charge < -0.3 is 10.1 Å². The normalized spacial score (nSPS) is 11.5. The van der Waals surface area contributed by atoms with Gasteiger partial charge in [-0.1, -0.05) is 11.6 Å². The zero-order chi connectivity index (χ0) is 20.5. The standard InChI is InChI=1S/C16H12BrClF3N5O2/c1-8-13(14(24-23-8)16(19,20)21)22-15(27)11-4-5-26(25-11)7-28-12-3-2-9(18)6-10(12)17/h2-6H,7H2,1H3,(H,22,27)(H,23,24). The Kier molecular flexibility index (Phi) is 5.66. The molecule has 0 spiro atoms. The average Bonchev–Trinajstić information content (AvgIpc) is 3.21. The van der Waals surface area contributed by atoms with Gasteiger partial charge in [0.25, 0.3) is 5.91 Å². The number of nitrogens with one attached hydrogen (secondary N) is 2. The second-order valence-electron chi connectivity index (χ2n) is 5.61. The maximum atomic E-state index is 13.0. The van der Waals surface area contributed by atoms with Gasteiger partial charge in [-0.3, -0.25) is 9.89 Å². The van der Waals surface area contributed by atoms with Crippen LogP contribution in [0.1, 0.15) is 21.9 Å². The summed E-state index contributed by atoms with van der Waals surface area (Å²) in [5.41, 5.74) is -1.63. The second kappa shape index (κ2) is 7.84. The van der Waals surface area contributed by atoms with Crippen LogP contribution < -0.4 is 10.1 Å². The molecule has 0 aliphatic heterocycles. The molecule has 0 aliphatic carbocycles. The Balaban J connectivity index is 1.69. The van der Waals surface area contributed by atoms with Gasteiger partial charge in [0.2, 0.25) is 0 Å². The highest BCUT2D eigenvalue weighted by atomic mass is 79.9. The summed E-state index contributed by atoms with van der Waals surface area (Å²) in [6.45, 7) is 1.35. The van der Waals surface area contributed by atoms with Crippen molar-refractivity contribution in [3.05, 3.63) is 57.0 Å². The van der Waals surface area contributed by atoms with Crippen LogP contribution >= 0.6 is 27.5 Å². The van der Waals surface area contributed by atoms with Crippen molar-refractivity contribution in [2.45, 2.75) is 19.8 Å². The van der Waals surface area contributed by atoms with E-state index in [1.165, 1.54) is 23.9 Å². The third-order valence-corrected chi connectivity index (χ3v) is 4.43. The molecule has 12 heteroatoms. The van der Waals surface area contributed by atoms with E-state index >= 15 is 0 Å². The van der Waals surface area contributed by atoms with Gasteiger partial charge in [-0.05, 0) is 47.1 Å².